The van der Waals surface area contributed by atoms with Crippen molar-refractivity contribution >= 4 is 5.91 Å². The van der Waals surface area contributed by atoms with Crippen molar-refractivity contribution < 1.29 is 4.79 Å². The Morgan fingerprint density at radius 3 is 2.60 bits per heavy atom. The molecule has 4 nitrogen and oxygen atoms in total. The molecule has 20 heavy (non-hydrogen) atoms. The lowest BCUT2D eigenvalue weighted by Gasteiger charge is -2.12. The van der Waals surface area contributed by atoms with E-state index in [1.54, 1.807) is 0 Å². The van der Waals surface area contributed by atoms with Crippen molar-refractivity contribution in [3.63, 3.8) is 0 Å². The molecule has 0 aliphatic carbocycles. The summed E-state index contributed by atoms with van der Waals surface area (Å²) >= 11 is 0. The van der Waals surface area contributed by atoms with E-state index >= 15 is 0 Å². The Kier molecular flexibility index (Phi) is 4.71. The van der Waals surface area contributed by atoms with Crippen molar-refractivity contribution in [1.29, 1.82) is 0 Å². The zero-order chi connectivity index (χ0) is 14.4. The summed E-state index contributed by atoms with van der Waals surface area (Å²) in [6.07, 6.45) is 2.35. The molecule has 1 heterocycles. The second-order valence-corrected chi connectivity index (χ2v) is 4.95. The van der Waals surface area contributed by atoms with Crippen LogP contribution in [0.2, 0.25) is 0 Å². The van der Waals surface area contributed by atoms with E-state index in [0.29, 0.717) is 18.0 Å². The van der Waals surface area contributed by atoms with Gasteiger partial charge in [0, 0.05) is 18.8 Å². The van der Waals surface area contributed by atoms with Crippen LogP contribution in [-0.4, -0.2) is 17.4 Å². The highest BCUT2D eigenvalue weighted by atomic mass is 16.1. The fraction of sp³-hybridized carbons (Fsp3) is 0.250. The van der Waals surface area contributed by atoms with Crippen molar-refractivity contribution in [3.05, 3.63) is 70.1 Å². The Hall–Kier alpha value is -2.36. The third kappa shape index (κ3) is 4.09. The summed E-state index contributed by atoms with van der Waals surface area (Å²) in [6.45, 7) is 2.70. The summed E-state index contributed by atoms with van der Waals surface area (Å²) in [5, 5.41) is 2.88. The monoisotopic (exact) mass is 270 g/mol. The van der Waals surface area contributed by atoms with E-state index < -0.39 is 0 Å². The minimum atomic E-state index is -0.209. The maximum absolute atomic E-state index is 11.9. The SMILES string of the molecule is CC(CNC(=O)c1ccc(=O)[nH]c1)Cc1ccccc1. The molecule has 0 saturated carbocycles. The van der Waals surface area contributed by atoms with Gasteiger partial charge in [0.1, 0.15) is 0 Å². The van der Waals surface area contributed by atoms with Crippen LogP contribution in [0.15, 0.2) is 53.5 Å². The number of rotatable bonds is 5. The largest absolute Gasteiger partial charge is 0.352 e. The Balaban J connectivity index is 1.84. The Morgan fingerprint density at radius 2 is 1.95 bits per heavy atom. The minimum Gasteiger partial charge on any atom is -0.352 e. The van der Waals surface area contributed by atoms with Crippen molar-refractivity contribution in [1.82, 2.24) is 10.3 Å². The number of carbonyl (C=O) groups is 1. The van der Waals surface area contributed by atoms with Gasteiger partial charge in [-0.25, -0.2) is 0 Å². The normalized spacial score (nSPS) is 11.8. The van der Waals surface area contributed by atoms with Gasteiger partial charge in [0.05, 0.1) is 5.56 Å². The maximum atomic E-state index is 11.9. The van der Waals surface area contributed by atoms with Crippen molar-refractivity contribution in [3.8, 4) is 0 Å². The number of H-pyrrole nitrogens is 1. The summed E-state index contributed by atoms with van der Waals surface area (Å²) in [6, 6.07) is 13.1. The van der Waals surface area contributed by atoms with Crippen molar-refractivity contribution in [2.45, 2.75) is 13.3 Å². The smallest absolute Gasteiger partial charge is 0.252 e. The molecule has 4 heteroatoms. The van der Waals surface area contributed by atoms with Crippen molar-refractivity contribution in [2.24, 2.45) is 5.92 Å². The van der Waals surface area contributed by atoms with Crippen LogP contribution >= 0.6 is 0 Å². The molecule has 1 atom stereocenters. The summed E-state index contributed by atoms with van der Waals surface area (Å²) < 4.78 is 0. The van der Waals surface area contributed by atoms with Crippen LogP contribution in [0.5, 0.6) is 0 Å². The second-order valence-electron chi connectivity index (χ2n) is 4.95. The molecule has 0 saturated heterocycles. The predicted octanol–water partition coefficient (Wildman–Crippen LogP) is 1.98. The summed E-state index contributed by atoms with van der Waals surface area (Å²) in [4.78, 5) is 25.3. The summed E-state index contributed by atoms with van der Waals surface area (Å²) in [5.41, 5.74) is 1.52. The molecule has 0 spiro atoms. The van der Waals surface area contributed by atoms with Gasteiger partial charge in [0.15, 0.2) is 0 Å². The minimum absolute atomic E-state index is 0.166. The van der Waals surface area contributed by atoms with Gasteiger partial charge in [-0.2, -0.15) is 0 Å². The topological polar surface area (TPSA) is 62.0 Å². The van der Waals surface area contributed by atoms with E-state index in [9.17, 15) is 9.59 Å². The number of amides is 1. The first-order chi connectivity index (χ1) is 9.65. The first kappa shape index (κ1) is 14.1. The van der Waals surface area contributed by atoms with Gasteiger partial charge in [-0.3, -0.25) is 9.59 Å². The standard InChI is InChI=1S/C16H18N2O2/c1-12(9-13-5-3-2-4-6-13)10-18-16(20)14-7-8-15(19)17-11-14/h2-8,11-12H,9-10H2,1H3,(H,17,19)(H,18,20). The molecule has 1 amide bonds. The highest BCUT2D eigenvalue weighted by Crippen LogP contribution is 2.07. The van der Waals surface area contributed by atoms with Crippen molar-refractivity contribution in [2.75, 3.05) is 6.54 Å². The summed E-state index contributed by atoms with van der Waals surface area (Å²) in [7, 11) is 0. The molecule has 0 bridgehead atoms. The van der Waals surface area contributed by atoms with Crippen LogP contribution in [0.3, 0.4) is 0 Å². The molecule has 1 aromatic carbocycles. The van der Waals surface area contributed by atoms with Gasteiger partial charge >= 0.3 is 0 Å². The van der Waals surface area contributed by atoms with Gasteiger partial charge in [-0.1, -0.05) is 37.3 Å². The Bertz CT molecular complexity index is 599. The number of aromatic nitrogens is 1. The van der Waals surface area contributed by atoms with Crippen LogP contribution in [0, 0.1) is 5.92 Å². The first-order valence-corrected chi connectivity index (χ1v) is 6.66. The van der Waals surface area contributed by atoms with Crippen LogP contribution in [0.1, 0.15) is 22.8 Å². The molecule has 104 valence electrons. The summed E-state index contributed by atoms with van der Waals surface area (Å²) in [5.74, 6) is 0.185. The fourth-order valence-corrected chi connectivity index (χ4v) is 2.01. The molecule has 0 aliphatic heterocycles. The number of nitrogens with one attached hydrogen (secondary N) is 2. The van der Waals surface area contributed by atoms with Gasteiger partial charge in [-0.15, -0.1) is 0 Å². The van der Waals surface area contributed by atoms with E-state index in [2.05, 4.69) is 29.4 Å². The third-order valence-corrected chi connectivity index (χ3v) is 3.08. The molecule has 2 rings (SSSR count). The lowest BCUT2D eigenvalue weighted by molar-refractivity contribution is 0.0947. The third-order valence-electron chi connectivity index (χ3n) is 3.08. The first-order valence-electron chi connectivity index (χ1n) is 6.66. The van der Waals surface area contributed by atoms with Gasteiger partial charge < -0.3 is 10.3 Å². The lowest BCUT2D eigenvalue weighted by Crippen LogP contribution is -2.29. The predicted molar refractivity (Wildman–Crippen MR) is 78.7 cm³/mol. The maximum Gasteiger partial charge on any atom is 0.252 e. The van der Waals surface area contributed by atoms with E-state index in [1.807, 2.05) is 18.2 Å². The molecule has 0 fully saturated rings. The van der Waals surface area contributed by atoms with Crippen LogP contribution in [0.4, 0.5) is 0 Å². The average Bonchev–Trinajstić information content (AvgIpc) is 2.46. The number of hydrogen-bond acceptors (Lipinski definition) is 2. The average molecular weight is 270 g/mol. The highest BCUT2D eigenvalue weighted by Gasteiger charge is 2.08. The lowest BCUT2D eigenvalue weighted by atomic mass is 10.0. The van der Waals surface area contributed by atoms with Crippen LogP contribution in [-0.2, 0) is 6.42 Å². The van der Waals surface area contributed by atoms with Gasteiger partial charge in [0.25, 0.3) is 5.91 Å². The van der Waals surface area contributed by atoms with E-state index in [4.69, 9.17) is 0 Å². The quantitative estimate of drug-likeness (QED) is 0.872. The Morgan fingerprint density at radius 1 is 1.20 bits per heavy atom. The molecular formula is C16H18N2O2. The highest BCUT2D eigenvalue weighted by molar-refractivity contribution is 5.93. The molecule has 1 unspecified atom stereocenters. The zero-order valence-corrected chi connectivity index (χ0v) is 11.4. The van der Waals surface area contributed by atoms with E-state index in [0.717, 1.165) is 6.42 Å². The number of carbonyl (C=O) groups excluding carboxylic acids is 1. The van der Waals surface area contributed by atoms with Crippen LogP contribution in [0.25, 0.3) is 0 Å². The zero-order valence-electron chi connectivity index (χ0n) is 11.4. The Labute approximate surface area is 117 Å². The number of pyridine rings is 1. The van der Waals surface area contributed by atoms with Gasteiger partial charge in [0.2, 0.25) is 5.56 Å². The van der Waals surface area contributed by atoms with E-state index in [-0.39, 0.29) is 11.5 Å². The molecule has 1 aromatic heterocycles. The molecule has 2 N–H and O–H groups in total. The van der Waals surface area contributed by atoms with Gasteiger partial charge in [-0.05, 0) is 24.0 Å². The second kappa shape index (κ2) is 6.70. The number of aromatic amines is 1. The molecule has 0 radical (unpaired) electrons. The molecule has 2 aromatic rings. The van der Waals surface area contributed by atoms with E-state index in [1.165, 1.54) is 23.9 Å². The number of benzene rings is 1. The number of hydrogen-bond donors (Lipinski definition) is 2. The fourth-order valence-electron chi connectivity index (χ4n) is 2.01. The molecule has 0 aliphatic rings. The molecular weight excluding hydrogens is 252 g/mol. The van der Waals surface area contributed by atoms with Crippen LogP contribution < -0.4 is 10.9 Å².